The average Bonchev–Trinajstić information content (AvgIpc) is 2.78. The lowest BCUT2D eigenvalue weighted by Gasteiger charge is -2.05. The van der Waals surface area contributed by atoms with Crippen molar-refractivity contribution in [2.24, 2.45) is 7.05 Å². The first-order valence-electron chi connectivity index (χ1n) is 6.77. The van der Waals surface area contributed by atoms with Crippen LogP contribution < -0.4 is 5.32 Å². The van der Waals surface area contributed by atoms with Gasteiger partial charge in [0.1, 0.15) is 0 Å². The Hall–Kier alpha value is -2.20. The van der Waals surface area contributed by atoms with Crippen molar-refractivity contribution in [3.8, 4) is 0 Å². The number of nitrogens with zero attached hydrogens (tertiary/aromatic N) is 3. The van der Waals surface area contributed by atoms with E-state index in [-0.39, 0.29) is 0 Å². The standard InChI is InChI=1S/C16H18N4/c1-12-6-5-9-18-14(12)10-17-11-15-13-7-3-4-8-16(13)20(2)19-15/h3-9,17H,10-11H2,1-2H3. The first kappa shape index (κ1) is 12.8. The third-order valence-corrected chi connectivity index (χ3v) is 3.54. The second-order valence-corrected chi connectivity index (χ2v) is 4.96. The molecule has 3 rings (SSSR count). The molecule has 4 nitrogen and oxygen atoms in total. The van der Waals surface area contributed by atoms with Crippen molar-refractivity contribution in [3.05, 3.63) is 59.5 Å². The zero-order valence-electron chi connectivity index (χ0n) is 11.8. The molecule has 2 aromatic heterocycles. The molecule has 1 N–H and O–H groups in total. The van der Waals surface area contributed by atoms with E-state index in [1.165, 1.54) is 16.5 Å². The number of aromatic nitrogens is 3. The molecule has 0 unspecified atom stereocenters. The fraction of sp³-hybridized carbons (Fsp3) is 0.250. The molecular formula is C16H18N4. The number of pyridine rings is 1. The molecule has 0 saturated carbocycles. The van der Waals surface area contributed by atoms with Crippen LogP contribution in [0.15, 0.2) is 42.6 Å². The highest BCUT2D eigenvalue weighted by Gasteiger charge is 2.07. The minimum Gasteiger partial charge on any atom is -0.305 e. The van der Waals surface area contributed by atoms with Gasteiger partial charge in [0.15, 0.2) is 0 Å². The molecule has 0 aliphatic carbocycles. The molecule has 3 aromatic rings. The lowest BCUT2D eigenvalue weighted by atomic mass is 10.2. The van der Waals surface area contributed by atoms with E-state index in [2.05, 4.69) is 46.6 Å². The molecule has 1 aromatic carbocycles. The van der Waals surface area contributed by atoms with Gasteiger partial charge < -0.3 is 5.32 Å². The average molecular weight is 266 g/mol. The fourth-order valence-corrected chi connectivity index (χ4v) is 2.42. The van der Waals surface area contributed by atoms with Gasteiger partial charge >= 0.3 is 0 Å². The maximum absolute atomic E-state index is 4.58. The van der Waals surface area contributed by atoms with Gasteiger partial charge in [0.05, 0.1) is 16.9 Å². The molecule has 0 aliphatic heterocycles. The predicted octanol–water partition coefficient (Wildman–Crippen LogP) is 2.57. The van der Waals surface area contributed by atoms with E-state index in [4.69, 9.17) is 0 Å². The SMILES string of the molecule is Cc1cccnc1CNCc1nn(C)c2ccccc12. The third kappa shape index (κ3) is 2.42. The normalized spacial score (nSPS) is 11.1. The molecule has 0 fully saturated rings. The smallest absolute Gasteiger partial charge is 0.0841 e. The Bertz CT molecular complexity index is 730. The zero-order chi connectivity index (χ0) is 13.9. The van der Waals surface area contributed by atoms with Crippen LogP contribution in [0.2, 0.25) is 0 Å². The summed E-state index contributed by atoms with van der Waals surface area (Å²) in [5.74, 6) is 0. The Morgan fingerprint density at radius 2 is 1.85 bits per heavy atom. The first-order valence-corrected chi connectivity index (χ1v) is 6.77. The van der Waals surface area contributed by atoms with Crippen molar-refractivity contribution in [1.82, 2.24) is 20.1 Å². The summed E-state index contributed by atoms with van der Waals surface area (Å²) in [7, 11) is 1.98. The van der Waals surface area contributed by atoms with Crippen molar-refractivity contribution in [2.75, 3.05) is 0 Å². The lowest BCUT2D eigenvalue weighted by Crippen LogP contribution is -2.15. The second-order valence-electron chi connectivity index (χ2n) is 4.96. The highest BCUT2D eigenvalue weighted by atomic mass is 15.3. The lowest BCUT2D eigenvalue weighted by molar-refractivity contribution is 0.650. The van der Waals surface area contributed by atoms with E-state index in [9.17, 15) is 0 Å². The maximum Gasteiger partial charge on any atom is 0.0841 e. The fourth-order valence-electron chi connectivity index (χ4n) is 2.42. The number of fused-ring (bicyclic) bond motifs is 1. The van der Waals surface area contributed by atoms with Crippen LogP contribution in [0.4, 0.5) is 0 Å². The third-order valence-electron chi connectivity index (χ3n) is 3.54. The quantitative estimate of drug-likeness (QED) is 0.789. The Labute approximate surface area is 118 Å². The summed E-state index contributed by atoms with van der Waals surface area (Å²) in [6, 6.07) is 12.3. The molecule has 0 atom stereocenters. The Balaban J connectivity index is 1.73. The second kappa shape index (κ2) is 5.43. The topological polar surface area (TPSA) is 42.7 Å². The summed E-state index contributed by atoms with van der Waals surface area (Å²) in [4.78, 5) is 4.39. The van der Waals surface area contributed by atoms with Crippen molar-refractivity contribution in [1.29, 1.82) is 0 Å². The van der Waals surface area contributed by atoms with E-state index in [0.717, 1.165) is 24.5 Å². The van der Waals surface area contributed by atoms with Crippen molar-refractivity contribution >= 4 is 10.9 Å². The molecule has 0 saturated heterocycles. The van der Waals surface area contributed by atoms with E-state index < -0.39 is 0 Å². The van der Waals surface area contributed by atoms with Gasteiger partial charge in [-0.15, -0.1) is 0 Å². The summed E-state index contributed by atoms with van der Waals surface area (Å²) in [5, 5.41) is 9.21. The highest BCUT2D eigenvalue weighted by Crippen LogP contribution is 2.17. The van der Waals surface area contributed by atoms with Crippen LogP contribution in [-0.2, 0) is 20.1 Å². The highest BCUT2D eigenvalue weighted by molar-refractivity contribution is 5.81. The molecule has 0 aliphatic rings. The summed E-state index contributed by atoms with van der Waals surface area (Å²) >= 11 is 0. The number of nitrogens with one attached hydrogen (secondary N) is 1. The monoisotopic (exact) mass is 266 g/mol. The molecule has 2 heterocycles. The van der Waals surface area contributed by atoms with Gasteiger partial charge in [-0.25, -0.2) is 0 Å². The van der Waals surface area contributed by atoms with Crippen LogP contribution in [0.1, 0.15) is 17.0 Å². The molecule has 0 radical (unpaired) electrons. The molecule has 0 amide bonds. The van der Waals surface area contributed by atoms with Gasteiger partial charge in [-0.1, -0.05) is 24.3 Å². The maximum atomic E-state index is 4.58. The first-order chi connectivity index (χ1) is 9.75. The largest absolute Gasteiger partial charge is 0.305 e. The number of hydrogen-bond donors (Lipinski definition) is 1. The molecule has 0 spiro atoms. The van der Waals surface area contributed by atoms with Crippen LogP contribution in [0.5, 0.6) is 0 Å². The van der Waals surface area contributed by atoms with Gasteiger partial charge in [0.2, 0.25) is 0 Å². The van der Waals surface area contributed by atoms with Crippen molar-refractivity contribution < 1.29 is 0 Å². The number of aryl methyl sites for hydroxylation is 2. The number of para-hydroxylation sites is 1. The molecule has 102 valence electrons. The molecule has 0 bridgehead atoms. The van der Waals surface area contributed by atoms with E-state index in [1.54, 1.807) is 0 Å². The molecule has 20 heavy (non-hydrogen) atoms. The Kier molecular flexibility index (Phi) is 3.48. The van der Waals surface area contributed by atoms with Crippen molar-refractivity contribution in [2.45, 2.75) is 20.0 Å². The molecular weight excluding hydrogens is 248 g/mol. The number of benzene rings is 1. The number of hydrogen-bond acceptors (Lipinski definition) is 3. The summed E-state index contributed by atoms with van der Waals surface area (Å²) in [6.07, 6.45) is 1.83. The Morgan fingerprint density at radius 3 is 2.70 bits per heavy atom. The van der Waals surface area contributed by atoms with E-state index in [1.807, 2.05) is 30.1 Å². The van der Waals surface area contributed by atoms with Gasteiger partial charge in [-0.05, 0) is 24.6 Å². The van der Waals surface area contributed by atoms with E-state index in [0.29, 0.717) is 0 Å². The minimum absolute atomic E-state index is 0.747. The van der Waals surface area contributed by atoms with Gasteiger partial charge in [-0.3, -0.25) is 9.67 Å². The van der Waals surface area contributed by atoms with Crippen LogP contribution in [-0.4, -0.2) is 14.8 Å². The Morgan fingerprint density at radius 1 is 1.05 bits per heavy atom. The van der Waals surface area contributed by atoms with Crippen LogP contribution in [0, 0.1) is 6.92 Å². The summed E-state index contributed by atoms with van der Waals surface area (Å²) in [5.41, 5.74) is 4.55. The van der Waals surface area contributed by atoms with Crippen LogP contribution in [0.3, 0.4) is 0 Å². The molecule has 4 heteroatoms. The van der Waals surface area contributed by atoms with Gasteiger partial charge in [0.25, 0.3) is 0 Å². The van der Waals surface area contributed by atoms with Crippen LogP contribution in [0.25, 0.3) is 10.9 Å². The van der Waals surface area contributed by atoms with E-state index >= 15 is 0 Å². The summed E-state index contributed by atoms with van der Waals surface area (Å²) < 4.78 is 1.93. The van der Waals surface area contributed by atoms with Gasteiger partial charge in [-0.2, -0.15) is 5.10 Å². The van der Waals surface area contributed by atoms with Crippen LogP contribution >= 0.6 is 0 Å². The van der Waals surface area contributed by atoms with Gasteiger partial charge in [0, 0.05) is 31.7 Å². The minimum atomic E-state index is 0.747. The summed E-state index contributed by atoms with van der Waals surface area (Å²) in [6.45, 7) is 3.59. The van der Waals surface area contributed by atoms with Crippen molar-refractivity contribution in [3.63, 3.8) is 0 Å². The zero-order valence-corrected chi connectivity index (χ0v) is 11.8. The number of rotatable bonds is 4. The predicted molar refractivity (Wildman–Crippen MR) is 80.2 cm³/mol.